The highest BCUT2D eigenvalue weighted by atomic mass is 16.2. The maximum Gasteiger partial charge on any atom is 0.317 e. The smallest absolute Gasteiger partial charge is 0.317 e. The summed E-state index contributed by atoms with van der Waals surface area (Å²) < 4.78 is 0. The number of hydrogen-bond acceptors (Lipinski definition) is 3. The molecule has 136 valence electrons. The number of hydrogen-bond donors (Lipinski definition) is 1. The van der Waals surface area contributed by atoms with E-state index in [1.807, 2.05) is 54.2 Å². The fourth-order valence-electron chi connectivity index (χ4n) is 3.87. The van der Waals surface area contributed by atoms with Gasteiger partial charge in [-0.25, -0.2) is 4.79 Å². The summed E-state index contributed by atoms with van der Waals surface area (Å²) in [5.74, 6) is 0.231. The molecule has 2 heterocycles. The lowest BCUT2D eigenvalue weighted by Gasteiger charge is -2.40. The third-order valence-electron chi connectivity index (χ3n) is 5.22. The molecule has 0 aromatic heterocycles. The molecular weight excluding hydrogens is 316 g/mol. The molecule has 2 atom stereocenters. The lowest BCUT2D eigenvalue weighted by molar-refractivity contribution is -0.137. The van der Waals surface area contributed by atoms with Gasteiger partial charge in [-0.2, -0.15) is 0 Å². The molecule has 0 spiro atoms. The van der Waals surface area contributed by atoms with Gasteiger partial charge in [0.1, 0.15) is 0 Å². The topological polar surface area (TPSA) is 55.9 Å². The van der Waals surface area contributed by atoms with Gasteiger partial charge in [-0.3, -0.25) is 4.79 Å². The standard InChI is InChI=1S/C19H28N4O2/c1-21(2)12-13-22-17-10-11-23(16(17)8-9-18(22)24)19(25)20-14-15-6-4-3-5-7-15/h3-7,16-17H,8-14H2,1-2H3,(H,20,25)/t16-,17-/m1/s1. The number of nitrogens with zero attached hydrogens (tertiary/aromatic N) is 3. The Morgan fingerprint density at radius 1 is 1.20 bits per heavy atom. The van der Waals surface area contributed by atoms with Crippen LogP contribution in [0.25, 0.3) is 0 Å². The van der Waals surface area contributed by atoms with Crippen LogP contribution in [0.1, 0.15) is 24.8 Å². The Hall–Kier alpha value is -2.08. The number of likely N-dealkylation sites (tertiary alicyclic amines) is 2. The molecule has 1 aromatic carbocycles. The quantitative estimate of drug-likeness (QED) is 0.881. The minimum Gasteiger partial charge on any atom is -0.336 e. The van der Waals surface area contributed by atoms with E-state index >= 15 is 0 Å². The minimum atomic E-state index is -0.0155. The SMILES string of the molecule is CN(C)CCN1C(=O)CC[C@@H]2[C@H]1CCN2C(=O)NCc1ccccc1. The molecule has 6 heteroatoms. The van der Waals surface area contributed by atoms with Crippen LogP contribution in [0.2, 0.25) is 0 Å². The monoisotopic (exact) mass is 344 g/mol. The van der Waals surface area contributed by atoms with Crippen LogP contribution in [-0.2, 0) is 11.3 Å². The molecule has 1 aromatic rings. The Labute approximate surface area is 149 Å². The van der Waals surface area contributed by atoms with Gasteiger partial charge in [-0.1, -0.05) is 30.3 Å². The number of amides is 3. The maximum absolute atomic E-state index is 12.6. The first-order chi connectivity index (χ1) is 12.1. The summed E-state index contributed by atoms with van der Waals surface area (Å²) in [6.07, 6.45) is 2.19. The first-order valence-electron chi connectivity index (χ1n) is 9.09. The highest BCUT2D eigenvalue weighted by Crippen LogP contribution is 2.31. The van der Waals surface area contributed by atoms with Crippen molar-refractivity contribution in [3.05, 3.63) is 35.9 Å². The van der Waals surface area contributed by atoms with Crippen LogP contribution in [0.5, 0.6) is 0 Å². The highest BCUT2D eigenvalue weighted by molar-refractivity contribution is 5.79. The van der Waals surface area contributed by atoms with Gasteiger partial charge in [0, 0.05) is 32.6 Å². The molecule has 3 rings (SSSR count). The average Bonchev–Trinajstić information content (AvgIpc) is 3.03. The Balaban J connectivity index is 1.59. The summed E-state index contributed by atoms with van der Waals surface area (Å²) in [5, 5.41) is 3.03. The number of rotatable bonds is 5. The van der Waals surface area contributed by atoms with Gasteiger partial charge in [0.2, 0.25) is 5.91 Å². The second-order valence-electron chi connectivity index (χ2n) is 7.19. The van der Waals surface area contributed by atoms with Crippen LogP contribution < -0.4 is 5.32 Å². The van der Waals surface area contributed by atoms with E-state index in [2.05, 4.69) is 10.2 Å². The van der Waals surface area contributed by atoms with Gasteiger partial charge in [-0.15, -0.1) is 0 Å². The predicted octanol–water partition coefficient (Wildman–Crippen LogP) is 1.52. The summed E-state index contributed by atoms with van der Waals surface area (Å²) in [6, 6.07) is 10.2. The molecule has 6 nitrogen and oxygen atoms in total. The van der Waals surface area contributed by atoms with Gasteiger partial charge >= 0.3 is 6.03 Å². The van der Waals surface area contributed by atoms with Crippen LogP contribution in [0, 0.1) is 0 Å². The molecule has 0 saturated carbocycles. The van der Waals surface area contributed by atoms with Crippen molar-refractivity contribution in [2.24, 2.45) is 0 Å². The second-order valence-corrected chi connectivity index (χ2v) is 7.19. The van der Waals surface area contributed by atoms with Gasteiger partial charge in [0.15, 0.2) is 0 Å². The van der Waals surface area contributed by atoms with Gasteiger partial charge in [0.25, 0.3) is 0 Å². The fourth-order valence-corrected chi connectivity index (χ4v) is 3.87. The molecule has 2 aliphatic rings. The van der Waals surface area contributed by atoms with Gasteiger partial charge < -0.3 is 20.0 Å². The van der Waals surface area contributed by atoms with E-state index < -0.39 is 0 Å². The molecule has 2 saturated heterocycles. The zero-order valence-corrected chi connectivity index (χ0v) is 15.1. The zero-order valence-electron chi connectivity index (χ0n) is 15.1. The van der Waals surface area contributed by atoms with Crippen LogP contribution in [-0.4, -0.2) is 72.5 Å². The number of piperidine rings is 1. The lowest BCUT2D eigenvalue weighted by Crippen LogP contribution is -2.55. The van der Waals surface area contributed by atoms with Crippen molar-refractivity contribution >= 4 is 11.9 Å². The number of benzene rings is 1. The predicted molar refractivity (Wildman–Crippen MR) is 97.1 cm³/mol. The van der Waals surface area contributed by atoms with Crippen molar-refractivity contribution in [2.75, 3.05) is 33.7 Å². The van der Waals surface area contributed by atoms with E-state index in [0.29, 0.717) is 13.0 Å². The van der Waals surface area contributed by atoms with Crippen molar-refractivity contribution in [3.8, 4) is 0 Å². The van der Waals surface area contributed by atoms with E-state index in [1.54, 1.807) is 0 Å². The zero-order chi connectivity index (χ0) is 17.8. The number of likely N-dealkylation sites (N-methyl/N-ethyl adjacent to an activating group) is 1. The summed E-state index contributed by atoms with van der Waals surface area (Å²) in [7, 11) is 4.04. The Morgan fingerprint density at radius 3 is 2.68 bits per heavy atom. The number of nitrogens with one attached hydrogen (secondary N) is 1. The minimum absolute atomic E-state index is 0.0155. The second kappa shape index (κ2) is 7.87. The number of carbonyl (C=O) groups excluding carboxylic acids is 2. The van der Waals surface area contributed by atoms with Crippen LogP contribution in [0.3, 0.4) is 0 Å². The van der Waals surface area contributed by atoms with E-state index in [9.17, 15) is 9.59 Å². The normalized spacial score (nSPS) is 23.1. The van der Waals surface area contributed by atoms with Crippen LogP contribution in [0.15, 0.2) is 30.3 Å². The molecule has 1 N–H and O–H groups in total. The first kappa shape index (κ1) is 17.7. The van der Waals surface area contributed by atoms with Crippen LogP contribution in [0.4, 0.5) is 4.79 Å². The summed E-state index contributed by atoms with van der Waals surface area (Å²) >= 11 is 0. The molecule has 0 bridgehead atoms. The number of fused-ring (bicyclic) bond motifs is 1. The Morgan fingerprint density at radius 2 is 1.96 bits per heavy atom. The first-order valence-corrected chi connectivity index (χ1v) is 9.09. The van der Waals surface area contributed by atoms with Crippen molar-refractivity contribution in [1.29, 1.82) is 0 Å². The fraction of sp³-hybridized carbons (Fsp3) is 0.579. The molecule has 0 unspecified atom stereocenters. The number of carbonyl (C=O) groups is 2. The molecular formula is C19H28N4O2. The largest absolute Gasteiger partial charge is 0.336 e. The lowest BCUT2D eigenvalue weighted by atomic mass is 9.96. The van der Waals surface area contributed by atoms with E-state index in [0.717, 1.165) is 38.0 Å². The third kappa shape index (κ3) is 4.12. The van der Waals surface area contributed by atoms with E-state index in [1.165, 1.54) is 0 Å². The van der Waals surface area contributed by atoms with Gasteiger partial charge in [-0.05, 0) is 32.5 Å². The molecule has 0 radical (unpaired) electrons. The Bertz CT molecular complexity index is 605. The van der Waals surface area contributed by atoms with E-state index in [-0.39, 0.29) is 24.0 Å². The molecule has 2 fully saturated rings. The number of urea groups is 1. The highest BCUT2D eigenvalue weighted by Gasteiger charge is 2.44. The molecule has 0 aliphatic carbocycles. The van der Waals surface area contributed by atoms with Crippen molar-refractivity contribution in [2.45, 2.75) is 37.9 Å². The van der Waals surface area contributed by atoms with Gasteiger partial charge in [0.05, 0.1) is 12.1 Å². The van der Waals surface area contributed by atoms with Crippen LogP contribution >= 0.6 is 0 Å². The van der Waals surface area contributed by atoms with E-state index in [4.69, 9.17) is 0 Å². The molecule has 2 aliphatic heterocycles. The van der Waals surface area contributed by atoms with Crippen molar-refractivity contribution in [3.63, 3.8) is 0 Å². The summed E-state index contributed by atoms with van der Waals surface area (Å²) in [5.41, 5.74) is 1.10. The molecule has 25 heavy (non-hydrogen) atoms. The summed E-state index contributed by atoms with van der Waals surface area (Å²) in [4.78, 5) is 31.0. The summed E-state index contributed by atoms with van der Waals surface area (Å²) in [6.45, 7) is 2.86. The third-order valence-corrected chi connectivity index (χ3v) is 5.22. The van der Waals surface area contributed by atoms with Crippen molar-refractivity contribution in [1.82, 2.24) is 20.0 Å². The maximum atomic E-state index is 12.6. The molecule has 3 amide bonds. The van der Waals surface area contributed by atoms with Crippen molar-refractivity contribution < 1.29 is 9.59 Å². The Kier molecular flexibility index (Phi) is 5.58. The average molecular weight is 344 g/mol.